The molecule has 0 aliphatic heterocycles. The quantitative estimate of drug-likeness (QED) is 0.294. The van der Waals surface area contributed by atoms with Gasteiger partial charge in [0.15, 0.2) is 11.5 Å². The Morgan fingerprint density at radius 1 is 1.33 bits per heavy atom. The van der Waals surface area contributed by atoms with Crippen molar-refractivity contribution in [2.24, 2.45) is 10.9 Å². The van der Waals surface area contributed by atoms with Crippen LogP contribution < -0.4 is 5.73 Å². The highest BCUT2D eigenvalue weighted by Gasteiger charge is 2.20. The van der Waals surface area contributed by atoms with Gasteiger partial charge in [-0.1, -0.05) is 16.9 Å². The molecule has 0 aliphatic carbocycles. The van der Waals surface area contributed by atoms with E-state index >= 15 is 0 Å². The predicted octanol–water partition coefficient (Wildman–Crippen LogP) is 2.37. The number of benzene rings is 1. The fourth-order valence-corrected chi connectivity index (χ4v) is 2.28. The Kier molecular flexibility index (Phi) is 4.33. The molecule has 0 unspecified atom stereocenters. The molecule has 2 rings (SSSR count). The summed E-state index contributed by atoms with van der Waals surface area (Å²) in [6.07, 6.45) is 0. The number of hydrogen-bond donors (Lipinski definition) is 2. The fourth-order valence-electron chi connectivity index (χ4n) is 1.50. The third-order valence-electron chi connectivity index (χ3n) is 2.43. The van der Waals surface area contributed by atoms with Crippen LogP contribution in [0.1, 0.15) is 5.69 Å². The van der Waals surface area contributed by atoms with Crippen molar-refractivity contribution in [2.45, 2.75) is 9.92 Å². The lowest BCUT2D eigenvalue weighted by Crippen LogP contribution is -2.17. The average Bonchev–Trinajstić information content (AvgIpc) is 2.48. The second-order valence-electron chi connectivity index (χ2n) is 3.82. The molecule has 0 aliphatic rings. The van der Waals surface area contributed by atoms with Gasteiger partial charge in [0.25, 0.3) is 5.69 Å². The highest BCUT2D eigenvalue weighted by Crippen LogP contribution is 2.28. The Labute approximate surface area is 122 Å². The maximum absolute atomic E-state index is 12.8. The van der Waals surface area contributed by atoms with Gasteiger partial charge in [-0.15, -0.1) is 0 Å². The number of nitrogens with two attached hydrogens (primary N) is 1. The molecule has 1 aromatic carbocycles. The van der Waals surface area contributed by atoms with Crippen LogP contribution in [0.4, 0.5) is 10.1 Å². The molecule has 0 saturated carbocycles. The first-order valence-corrected chi connectivity index (χ1v) is 6.39. The predicted molar refractivity (Wildman–Crippen MR) is 73.9 cm³/mol. The minimum absolute atomic E-state index is 0.227. The van der Waals surface area contributed by atoms with E-state index < -0.39 is 10.8 Å². The summed E-state index contributed by atoms with van der Waals surface area (Å²) in [6, 6.07) is 8.32. The molecule has 0 amide bonds. The summed E-state index contributed by atoms with van der Waals surface area (Å²) in [5.41, 5.74) is 4.80. The Balaban J connectivity index is 2.37. The van der Waals surface area contributed by atoms with Gasteiger partial charge in [-0.3, -0.25) is 10.1 Å². The first-order chi connectivity index (χ1) is 10.0. The summed E-state index contributed by atoms with van der Waals surface area (Å²) in [4.78, 5) is 14.9. The maximum Gasteiger partial charge on any atom is 0.298 e. The summed E-state index contributed by atoms with van der Waals surface area (Å²) in [7, 11) is 0. The third kappa shape index (κ3) is 3.45. The van der Waals surface area contributed by atoms with E-state index in [1.54, 1.807) is 12.1 Å². The van der Waals surface area contributed by atoms with E-state index in [2.05, 4.69) is 10.1 Å². The van der Waals surface area contributed by atoms with E-state index in [0.717, 1.165) is 0 Å². The van der Waals surface area contributed by atoms with Crippen molar-refractivity contribution in [1.29, 1.82) is 0 Å². The van der Waals surface area contributed by atoms with Crippen molar-refractivity contribution >= 4 is 23.3 Å². The van der Waals surface area contributed by atoms with Gasteiger partial charge in [0, 0.05) is 11.0 Å². The molecule has 21 heavy (non-hydrogen) atoms. The molecular weight excluding hydrogens is 299 g/mol. The first kappa shape index (κ1) is 14.7. The number of halogens is 1. The molecule has 1 heterocycles. The van der Waals surface area contributed by atoms with Crippen LogP contribution in [0.2, 0.25) is 0 Å². The zero-order chi connectivity index (χ0) is 15.4. The van der Waals surface area contributed by atoms with Crippen LogP contribution in [0.5, 0.6) is 0 Å². The van der Waals surface area contributed by atoms with Crippen LogP contribution in [0.3, 0.4) is 0 Å². The van der Waals surface area contributed by atoms with Crippen molar-refractivity contribution in [3.8, 4) is 0 Å². The van der Waals surface area contributed by atoms with Gasteiger partial charge in [-0.05, 0) is 30.3 Å². The average molecular weight is 308 g/mol. The molecule has 2 aromatic rings. The van der Waals surface area contributed by atoms with E-state index in [1.165, 1.54) is 36.0 Å². The highest BCUT2D eigenvalue weighted by molar-refractivity contribution is 7.99. The monoisotopic (exact) mass is 308 g/mol. The molecule has 0 atom stereocenters. The molecule has 108 valence electrons. The van der Waals surface area contributed by atoms with Crippen LogP contribution in [-0.2, 0) is 0 Å². The lowest BCUT2D eigenvalue weighted by atomic mass is 10.3. The zero-order valence-corrected chi connectivity index (χ0v) is 11.2. The van der Waals surface area contributed by atoms with Gasteiger partial charge in [0.1, 0.15) is 10.8 Å². The topological polar surface area (TPSA) is 115 Å². The Hall–Kier alpha value is -2.68. The number of aromatic nitrogens is 1. The Bertz CT molecular complexity index is 706. The molecule has 0 saturated heterocycles. The third-order valence-corrected chi connectivity index (χ3v) is 3.38. The Morgan fingerprint density at radius 3 is 2.57 bits per heavy atom. The molecule has 0 radical (unpaired) electrons. The zero-order valence-electron chi connectivity index (χ0n) is 10.4. The number of amidine groups is 1. The van der Waals surface area contributed by atoms with Crippen molar-refractivity contribution in [3.63, 3.8) is 0 Å². The van der Waals surface area contributed by atoms with E-state index in [4.69, 9.17) is 10.9 Å². The van der Waals surface area contributed by atoms with Crippen molar-refractivity contribution in [3.05, 3.63) is 58.0 Å². The van der Waals surface area contributed by atoms with Gasteiger partial charge >= 0.3 is 0 Å². The molecule has 3 N–H and O–H groups in total. The van der Waals surface area contributed by atoms with Crippen molar-refractivity contribution in [2.75, 3.05) is 0 Å². The highest BCUT2D eigenvalue weighted by atomic mass is 32.2. The SMILES string of the molecule is N/C(=N/O)c1nc(Sc2ccc(F)cc2)ccc1[N+](=O)[O-]. The van der Waals surface area contributed by atoms with Crippen LogP contribution in [0, 0.1) is 15.9 Å². The van der Waals surface area contributed by atoms with E-state index in [0.29, 0.717) is 9.92 Å². The summed E-state index contributed by atoms with van der Waals surface area (Å²) >= 11 is 1.17. The minimum atomic E-state index is -0.674. The largest absolute Gasteiger partial charge is 0.409 e. The molecule has 7 nitrogen and oxygen atoms in total. The maximum atomic E-state index is 12.8. The van der Waals surface area contributed by atoms with Crippen LogP contribution in [0.15, 0.2) is 51.5 Å². The van der Waals surface area contributed by atoms with Crippen LogP contribution in [-0.4, -0.2) is 21.0 Å². The van der Waals surface area contributed by atoms with Crippen molar-refractivity contribution in [1.82, 2.24) is 4.98 Å². The molecule has 0 spiro atoms. The van der Waals surface area contributed by atoms with E-state index in [-0.39, 0.29) is 17.2 Å². The standard InChI is InChI=1S/C12H9FN4O3S/c13-7-1-3-8(4-2-7)21-10-6-5-9(17(19)20)11(15-10)12(14)16-18/h1-6,18H,(H2,14,16). The van der Waals surface area contributed by atoms with Gasteiger partial charge in [0.05, 0.1) is 4.92 Å². The first-order valence-electron chi connectivity index (χ1n) is 5.58. The summed E-state index contributed by atoms with van der Waals surface area (Å²) in [6.45, 7) is 0. The second-order valence-corrected chi connectivity index (χ2v) is 4.91. The van der Waals surface area contributed by atoms with Crippen LogP contribution in [0.25, 0.3) is 0 Å². The molecule has 9 heteroatoms. The number of rotatable bonds is 4. The number of nitro groups is 1. The number of nitrogens with zero attached hydrogens (tertiary/aromatic N) is 3. The van der Waals surface area contributed by atoms with Gasteiger partial charge in [-0.25, -0.2) is 9.37 Å². The van der Waals surface area contributed by atoms with Crippen LogP contribution >= 0.6 is 11.8 Å². The molecule has 1 aromatic heterocycles. The van der Waals surface area contributed by atoms with E-state index in [1.807, 2.05) is 0 Å². The summed E-state index contributed by atoms with van der Waals surface area (Å²) in [5, 5.41) is 22.7. The van der Waals surface area contributed by atoms with Gasteiger partial charge < -0.3 is 10.9 Å². The number of pyridine rings is 1. The smallest absolute Gasteiger partial charge is 0.298 e. The molecular formula is C12H9FN4O3S. The van der Waals surface area contributed by atoms with Crippen molar-refractivity contribution < 1.29 is 14.5 Å². The lowest BCUT2D eigenvalue weighted by molar-refractivity contribution is -0.385. The molecule has 0 fully saturated rings. The van der Waals surface area contributed by atoms with E-state index in [9.17, 15) is 14.5 Å². The van der Waals surface area contributed by atoms with Gasteiger partial charge in [0.2, 0.25) is 0 Å². The summed E-state index contributed by atoms with van der Waals surface area (Å²) in [5.74, 6) is -0.823. The Morgan fingerprint density at radius 2 is 2.00 bits per heavy atom. The second kappa shape index (κ2) is 6.18. The normalized spacial score (nSPS) is 11.4. The molecule has 0 bridgehead atoms. The number of oxime groups is 1. The number of hydrogen-bond acceptors (Lipinski definition) is 6. The van der Waals surface area contributed by atoms with Gasteiger partial charge in [-0.2, -0.15) is 0 Å². The lowest BCUT2D eigenvalue weighted by Gasteiger charge is -2.04. The fraction of sp³-hybridized carbons (Fsp3) is 0. The minimum Gasteiger partial charge on any atom is -0.409 e. The summed E-state index contributed by atoms with van der Waals surface area (Å²) < 4.78 is 12.8.